The number of hydrogen-bond acceptors (Lipinski definition) is 6. The highest BCUT2D eigenvalue weighted by molar-refractivity contribution is 5.82. The van der Waals surface area contributed by atoms with Crippen molar-refractivity contribution in [3.63, 3.8) is 0 Å². The Bertz CT molecular complexity index is 1620. The van der Waals surface area contributed by atoms with E-state index in [4.69, 9.17) is 14.2 Å². The van der Waals surface area contributed by atoms with Crippen LogP contribution in [0.4, 0.5) is 5.69 Å². The monoisotopic (exact) mass is 549 g/mol. The van der Waals surface area contributed by atoms with E-state index in [9.17, 15) is 14.9 Å². The summed E-state index contributed by atoms with van der Waals surface area (Å²) in [6.45, 7) is 5.56. The minimum absolute atomic E-state index is 0.0419. The molecule has 0 radical (unpaired) electrons. The van der Waals surface area contributed by atoms with E-state index in [1.807, 2.05) is 69.3 Å². The first kappa shape index (κ1) is 26.7. The van der Waals surface area contributed by atoms with Gasteiger partial charge in [-0.05, 0) is 67.1 Å². The van der Waals surface area contributed by atoms with Crippen molar-refractivity contribution in [2.24, 2.45) is 5.41 Å². The third-order valence-corrected chi connectivity index (χ3v) is 8.11. The maximum atomic E-state index is 13.2. The molecule has 0 atom stereocenters. The third kappa shape index (κ3) is 4.19. The molecule has 7 rings (SSSR count). The molecule has 0 fully saturated rings. The van der Waals surface area contributed by atoms with Crippen molar-refractivity contribution in [1.29, 1.82) is 0 Å². The number of nitro benzene ring substituents is 1. The Morgan fingerprint density at radius 2 is 1.46 bits per heavy atom. The first-order valence-corrected chi connectivity index (χ1v) is 13.6. The summed E-state index contributed by atoms with van der Waals surface area (Å²) in [5.74, 6) is 0.655. The molecule has 3 aliphatic carbocycles. The van der Waals surface area contributed by atoms with Crippen LogP contribution in [-0.2, 0) is 21.4 Å². The van der Waals surface area contributed by atoms with Gasteiger partial charge in [-0.3, -0.25) is 14.9 Å². The van der Waals surface area contributed by atoms with E-state index in [1.54, 1.807) is 19.2 Å². The fraction of sp³-hybridized carbons (Fsp3) is 0.265. The number of esters is 1. The van der Waals surface area contributed by atoms with Gasteiger partial charge in [-0.25, -0.2) is 0 Å². The number of non-ortho nitro benzene ring substituents is 1. The van der Waals surface area contributed by atoms with Crippen LogP contribution in [0.2, 0.25) is 0 Å². The largest absolute Gasteiger partial charge is 0.467 e. The van der Waals surface area contributed by atoms with Crippen molar-refractivity contribution in [3.05, 3.63) is 134 Å². The summed E-state index contributed by atoms with van der Waals surface area (Å²) in [5.41, 5.74) is 5.92. The lowest BCUT2D eigenvalue weighted by Crippen LogP contribution is -2.44. The molecule has 0 spiro atoms. The number of carbonyl (C=O) groups excluding carboxylic acids is 1. The van der Waals surface area contributed by atoms with E-state index in [-0.39, 0.29) is 29.3 Å². The highest BCUT2D eigenvalue weighted by Gasteiger charge is 2.54. The van der Waals surface area contributed by atoms with E-state index in [0.29, 0.717) is 17.9 Å². The number of nitro groups is 1. The molecule has 0 aromatic heterocycles. The number of carbonyl (C=O) groups is 1. The molecule has 0 amide bonds. The van der Waals surface area contributed by atoms with Gasteiger partial charge in [-0.2, -0.15) is 0 Å². The first-order valence-electron chi connectivity index (χ1n) is 13.6. The lowest BCUT2D eigenvalue weighted by atomic mass is 9.51. The predicted octanol–water partition coefficient (Wildman–Crippen LogP) is 6.91. The second kappa shape index (κ2) is 9.85. The zero-order chi connectivity index (χ0) is 28.9. The van der Waals surface area contributed by atoms with Crippen LogP contribution in [0.5, 0.6) is 11.5 Å². The van der Waals surface area contributed by atoms with E-state index in [2.05, 4.69) is 24.3 Å². The van der Waals surface area contributed by atoms with Crippen molar-refractivity contribution in [2.45, 2.75) is 38.5 Å². The molecule has 0 saturated heterocycles. The standard InChI is InChI=1S/C34H31NO6/c1-33(2,3)32(36)41-27-17-18-28(40-20-39-4)31-30(27)29-23-9-5-7-11-25(23)34(31,26-12-8-6-10-24(26)29)19-21-13-15-22(16-14-21)35(37)38/h5-18,29H,19-20H2,1-4H3. The van der Waals surface area contributed by atoms with E-state index in [0.717, 1.165) is 38.9 Å². The van der Waals surface area contributed by atoms with Crippen LogP contribution in [-0.4, -0.2) is 24.8 Å². The molecule has 3 aliphatic rings. The van der Waals surface area contributed by atoms with Gasteiger partial charge in [0.05, 0.1) is 15.8 Å². The number of methoxy groups -OCH3 is 1. The maximum Gasteiger partial charge on any atom is 0.316 e. The van der Waals surface area contributed by atoms with Crippen LogP contribution in [0.25, 0.3) is 0 Å². The Labute approximate surface area is 238 Å². The van der Waals surface area contributed by atoms with E-state index in [1.165, 1.54) is 0 Å². The molecule has 7 nitrogen and oxygen atoms in total. The second-order valence-electron chi connectivity index (χ2n) is 11.7. The van der Waals surface area contributed by atoms with Gasteiger partial charge < -0.3 is 14.2 Å². The van der Waals surface area contributed by atoms with Crippen molar-refractivity contribution < 1.29 is 23.9 Å². The van der Waals surface area contributed by atoms with Crippen LogP contribution < -0.4 is 9.47 Å². The van der Waals surface area contributed by atoms with Gasteiger partial charge in [0.15, 0.2) is 6.79 Å². The second-order valence-corrected chi connectivity index (χ2v) is 11.7. The molecule has 0 saturated carbocycles. The highest BCUT2D eigenvalue weighted by atomic mass is 16.7. The highest BCUT2D eigenvalue weighted by Crippen LogP contribution is 2.64. The fourth-order valence-electron chi connectivity index (χ4n) is 6.38. The lowest BCUT2D eigenvalue weighted by Gasteiger charge is -2.51. The zero-order valence-electron chi connectivity index (χ0n) is 23.5. The molecule has 0 heterocycles. The normalized spacial score (nSPS) is 18.2. The fourth-order valence-corrected chi connectivity index (χ4v) is 6.38. The molecule has 7 heteroatoms. The van der Waals surface area contributed by atoms with Gasteiger partial charge in [0.2, 0.25) is 0 Å². The summed E-state index contributed by atoms with van der Waals surface area (Å²) >= 11 is 0. The summed E-state index contributed by atoms with van der Waals surface area (Å²) < 4.78 is 17.7. The summed E-state index contributed by atoms with van der Waals surface area (Å²) in [4.78, 5) is 24.2. The van der Waals surface area contributed by atoms with Gasteiger partial charge in [0.1, 0.15) is 11.5 Å². The minimum Gasteiger partial charge on any atom is -0.467 e. The Kier molecular flexibility index (Phi) is 6.42. The van der Waals surface area contributed by atoms with Crippen molar-refractivity contribution in [3.8, 4) is 11.5 Å². The predicted molar refractivity (Wildman–Crippen MR) is 155 cm³/mol. The number of ether oxygens (including phenoxy) is 3. The van der Waals surface area contributed by atoms with E-state index >= 15 is 0 Å². The molecule has 4 aromatic carbocycles. The van der Waals surface area contributed by atoms with Gasteiger partial charge >= 0.3 is 5.97 Å². The molecule has 2 bridgehead atoms. The number of hydrogen-bond donors (Lipinski definition) is 0. The van der Waals surface area contributed by atoms with Crippen molar-refractivity contribution in [2.75, 3.05) is 13.9 Å². The Morgan fingerprint density at radius 3 is 2.02 bits per heavy atom. The summed E-state index contributed by atoms with van der Waals surface area (Å²) in [6, 6.07) is 27.1. The average molecular weight is 550 g/mol. The summed E-state index contributed by atoms with van der Waals surface area (Å²) in [5, 5.41) is 11.4. The Balaban J connectivity index is 1.67. The molecule has 4 aromatic rings. The molecule has 0 unspecified atom stereocenters. The molecular formula is C34H31NO6. The smallest absolute Gasteiger partial charge is 0.316 e. The molecule has 208 valence electrons. The maximum absolute atomic E-state index is 13.2. The third-order valence-electron chi connectivity index (χ3n) is 8.11. The molecule has 0 aliphatic heterocycles. The molecule has 41 heavy (non-hydrogen) atoms. The van der Waals surface area contributed by atoms with Crippen molar-refractivity contribution >= 4 is 11.7 Å². The van der Waals surface area contributed by atoms with Crippen LogP contribution in [0.15, 0.2) is 84.9 Å². The lowest BCUT2D eigenvalue weighted by molar-refractivity contribution is -0.384. The van der Waals surface area contributed by atoms with Crippen LogP contribution in [0, 0.1) is 15.5 Å². The number of benzene rings is 4. The van der Waals surface area contributed by atoms with Gasteiger partial charge in [-0.15, -0.1) is 0 Å². The van der Waals surface area contributed by atoms with Crippen LogP contribution >= 0.6 is 0 Å². The summed E-state index contributed by atoms with van der Waals surface area (Å²) in [6.07, 6.45) is 0.513. The minimum atomic E-state index is -0.722. The van der Waals surface area contributed by atoms with Crippen LogP contribution in [0.1, 0.15) is 65.6 Å². The Hall–Kier alpha value is -4.49. The number of rotatable bonds is 7. The topological polar surface area (TPSA) is 87.9 Å². The van der Waals surface area contributed by atoms with Gasteiger partial charge in [-0.1, -0.05) is 60.7 Å². The van der Waals surface area contributed by atoms with Gasteiger partial charge in [0, 0.05) is 36.3 Å². The zero-order valence-corrected chi connectivity index (χ0v) is 23.5. The Morgan fingerprint density at radius 1 is 0.878 bits per heavy atom. The molecule has 0 N–H and O–H groups in total. The first-order chi connectivity index (χ1) is 19.7. The SMILES string of the molecule is COCOc1ccc(OC(=O)C(C)(C)C)c2c1C1(Cc3ccc([N+](=O)[O-])cc3)c3ccccc3C2c2ccccc21. The van der Waals surface area contributed by atoms with Crippen LogP contribution in [0.3, 0.4) is 0 Å². The molecular weight excluding hydrogens is 518 g/mol. The van der Waals surface area contributed by atoms with E-state index < -0.39 is 10.8 Å². The van der Waals surface area contributed by atoms with Crippen molar-refractivity contribution in [1.82, 2.24) is 0 Å². The average Bonchev–Trinajstić information content (AvgIpc) is 2.96. The quantitative estimate of drug-likeness (QED) is 0.0818. The summed E-state index contributed by atoms with van der Waals surface area (Å²) in [7, 11) is 1.58. The van der Waals surface area contributed by atoms with Gasteiger partial charge in [0.25, 0.3) is 5.69 Å². The number of nitrogens with zero attached hydrogens (tertiary/aromatic N) is 1.